The van der Waals surface area contributed by atoms with Gasteiger partial charge in [0.1, 0.15) is 11.6 Å². The van der Waals surface area contributed by atoms with Crippen LogP contribution in [0.5, 0.6) is 5.75 Å². The molecule has 4 atom stereocenters. The summed E-state index contributed by atoms with van der Waals surface area (Å²) in [5.74, 6) is -0.317. The first-order valence-corrected chi connectivity index (χ1v) is 11.2. The van der Waals surface area contributed by atoms with Gasteiger partial charge in [-0.3, -0.25) is 4.79 Å². The third-order valence-corrected chi connectivity index (χ3v) is 6.22. The second-order valence-corrected chi connectivity index (χ2v) is 9.99. The fourth-order valence-corrected chi connectivity index (χ4v) is 4.67. The first kappa shape index (κ1) is 25.5. The molecule has 0 unspecified atom stereocenters. The van der Waals surface area contributed by atoms with E-state index >= 15 is 4.39 Å². The molecule has 1 fully saturated rings. The molecule has 0 aliphatic carbocycles. The Morgan fingerprint density at radius 3 is 2.59 bits per heavy atom. The van der Waals surface area contributed by atoms with Gasteiger partial charge in [-0.2, -0.15) is 0 Å². The number of halogens is 2. The van der Waals surface area contributed by atoms with Crippen molar-refractivity contribution in [3.8, 4) is 18.1 Å². The first-order chi connectivity index (χ1) is 16.0. The van der Waals surface area contributed by atoms with Crippen LogP contribution in [0, 0.1) is 29.5 Å². The number of nitrogens with one attached hydrogen (secondary N) is 2. The lowest BCUT2D eigenvalue weighted by molar-refractivity contribution is -0.118. The number of aromatic carboxylic acids is 1. The number of ether oxygens (including phenoxy) is 1. The molecular formula is C26H28ClFN2O4. The molecule has 1 saturated heterocycles. The zero-order valence-corrected chi connectivity index (χ0v) is 20.2. The Bertz CT molecular complexity index is 1140. The van der Waals surface area contributed by atoms with Gasteiger partial charge in [0.05, 0.1) is 29.4 Å². The van der Waals surface area contributed by atoms with Crippen molar-refractivity contribution in [2.45, 2.75) is 45.2 Å². The smallest absolute Gasteiger partial charge is 0.335 e. The van der Waals surface area contributed by atoms with E-state index in [1.165, 1.54) is 31.4 Å². The number of carbonyl (C=O) groups is 2. The minimum absolute atomic E-state index is 0.0188. The summed E-state index contributed by atoms with van der Waals surface area (Å²) in [6, 6.07) is 7.73. The Morgan fingerprint density at radius 2 is 2.00 bits per heavy atom. The lowest BCUT2D eigenvalue weighted by Crippen LogP contribution is -2.42. The monoisotopic (exact) mass is 486 g/mol. The van der Waals surface area contributed by atoms with E-state index in [1.54, 1.807) is 12.1 Å². The number of anilines is 1. The molecular weight excluding hydrogens is 459 g/mol. The molecule has 1 aliphatic rings. The minimum Gasteiger partial charge on any atom is -0.495 e. The van der Waals surface area contributed by atoms with Crippen LogP contribution in [0.1, 0.15) is 49.0 Å². The summed E-state index contributed by atoms with van der Waals surface area (Å²) in [7, 11) is 1.38. The second-order valence-electron chi connectivity index (χ2n) is 9.59. The number of carboxylic acids is 1. The number of methoxy groups -OCH3 is 1. The number of carbonyl (C=O) groups excluding carboxylic acids is 1. The summed E-state index contributed by atoms with van der Waals surface area (Å²) in [4.78, 5) is 24.8. The molecule has 3 N–H and O–H groups in total. The Hall–Kier alpha value is -3.08. The zero-order chi connectivity index (χ0) is 25.2. The minimum atomic E-state index is -1.12. The van der Waals surface area contributed by atoms with E-state index in [4.69, 9.17) is 22.8 Å². The highest BCUT2D eigenvalue weighted by Gasteiger charge is 2.48. The molecule has 6 nitrogen and oxygen atoms in total. The van der Waals surface area contributed by atoms with Gasteiger partial charge in [0.25, 0.3) is 0 Å². The number of hydrogen-bond donors (Lipinski definition) is 3. The number of benzene rings is 2. The Labute approximate surface area is 203 Å². The third kappa shape index (κ3) is 5.35. The van der Waals surface area contributed by atoms with Gasteiger partial charge < -0.3 is 20.5 Å². The molecule has 1 amide bonds. The highest BCUT2D eigenvalue weighted by molar-refractivity contribution is 6.30. The summed E-state index contributed by atoms with van der Waals surface area (Å²) in [6.45, 7) is 6.21. The molecule has 180 valence electrons. The quantitative estimate of drug-likeness (QED) is 0.504. The van der Waals surface area contributed by atoms with Gasteiger partial charge in [-0.15, -0.1) is 12.3 Å². The van der Waals surface area contributed by atoms with Crippen molar-refractivity contribution in [2.24, 2.45) is 11.3 Å². The van der Waals surface area contributed by atoms with Gasteiger partial charge in [-0.25, -0.2) is 9.18 Å². The normalized spacial score (nSPS) is 22.1. The van der Waals surface area contributed by atoms with Crippen molar-refractivity contribution < 1.29 is 23.8 Å². The molecule has 2 aromatic rings. The molecule has 0 aromatic heterocycles. The number of terminal acetylenes is 1. The fourth-order valence-electron chi connectivity index (χ4n) is 4.49. The summed E-state index contributed by atoms with van der Waals surface area (Å²) in [5, 5.41) is 15.3. The molecule has 34 heavy (non-hydrogen) atoms. The molecule has 1 aliphatic heterocycles. The maximum atomic E-state index is 15.1. The van der Waals surface area contributed by atoms with Crippen LogP contribution in [0.4, 0.5) is 10.1 Å². The highest BCUT2D eigenvalue weighted by atomic mass is 35.5. The number of rotatable bonds is 6. The molecule has 8 heteroatoms. The molecule has 0 spiro atoms. The van der Waals surface area contributed by atoms with E-state index in [1.807, 2.05) is 0 Å². The number of carboxylic acid groups (broad SMARTS) is 1. The van der Waals surface area contributed by atoms with Crippen LogP contribution in [0.2, 0.25) is 5.02 Å². The number of hydrogen-bond acceptors (Lipinski definition) is 4. The lowest BCUT2D eigenvalue weighted by atomic mass is 9.77. The maximum Gasteiger partial charge on any atom is 0.335 e. The molecule has 0 bridgehead atoms. The average molecular weight is 487 g/mol. The first-order valence-electron chi connectivity index (χ1n) is 10.8. The summed E-state index contributed by atoms with van der Waals surface area (Å²) >= 11 is 6.05. The van der Waals surface area contributed by atoms with Crippen molar-refractivity contribution >= 4 is 29.2 Å². The predicted octanol–water partition coefficient (Wildman–Crippen LogP) is 4.93. The van der Waals surface area contributed by atoms with Crippen LogP contribution >= 0.6 is 11.6 Å². The van der Waals surface area contributed by atoms with Crippen LogP contribution in [-0.4, -0.2) is 36.2 Å². The Kier molecular flexibility index (Phi) is 7.54. The maximum absolute atomic E-state index is 15.1. The second kappa shape index (κ2) is 10.0. The summed E-state index contributed by atoms with van der Waals surface area (Å²) in [5.41, 5.74) is 0.491. The molecule has 0 saturated carbocycles. The van der Waals surface area contributed by atoms with Gasteiger partial charge in [0.2, 0.25) is 5.91 Å². The largest absolute Gasteiger partial charge is 0.495 e. The topological polar surface area (TPSA) is 87.7 Å². The average Bonchev–Trinajstić information content (AvgIpc) is 3.12. The van der Waals surface area contributed by atoms with Gasteiger partial charge in [0.15, 0.2) is 0 Å². The van der Waals surface area contributed by atoms with Crippen molar-refractivity contribution in [1.29, 1.82) is 0 Å². The van der Waals surface area contributed by atoms with Crippen molar-refractivity contribution in [2.75, 3.05) is 12.4 Å². The van der Waals surface area contributed by atoms with Crippen LogP contribution in [0.25, 0.3) is 0 Å². The van der Waals surface area contributed by atoms with Gasteiger partial charge in [-0.05, 0) is 41.7 Å². The zero-order valence-electron chi connectivity index (χ0n) is 19.5. The summed E-state index contributed by atoms with van der Waals surface area (Å²) < 4.78 is 20.4. The van der Waals surface area contributed by atoms with Gasteiger partial charge in [-0.1, -0.05) is 44.5 Å². The van der Waals surface area contributed by atoms with Crippen LogP contribution < -0.4 is 15.4 Å². The standard InChI is InChI=1S/C26H28ClFN2O4/c1-6-15-19(13-26(2,3)4)29-23(21(15)16-8-7-9-17(27)22(16)28)24(31)30-18-11-10-14(25(32)33)12-20(18)34-5/h1,7-12,15,19,21,23,29H,13H2,2-5H3,(H,30,31)(H,32,33)/t15-,19+,21+,23-/m1/s1. The molecule has 1 heterocycles. The van der Waals surface area contributed by atoms with E-state index in [-0.39, 0.29) is 33.4 Å². The predicted molar refractivity (Wildman–Crippen MR) is 130 cm³/mol. The lowest BCUT2D eigenvalue weighted by Gasteiger charge is -2.26. The van der Waals surface area contributed by atoms with Gasteiger partial charge >= 0.3 is 5.97 Å². The van der Waals surface area contributed by atoms with Crippen LogP contribution in [-0.2, 0) is 4.79 Å². The SMILES string of the molecule is C#C[C@H]1[C@@H](c2cccc(Cl)c2F)[C@H](C(=O)Nc2ccc(C(=O)O)cc2OC)N[C@H]1CC(C)(C)C. The third-order valence-electron chi connectivity index (χ3n) is 5.93. The Balaban J connectivity index is 2.01. The number of amides is 1. The van der Waals surface area contributed by atoms with E-state index in [0.29, 0.717) is 12.1 Å². The van der Waals surface area contributed by atoms with Crippen molar-refractivity contribution in [3.63, 3.8) is 0 Å². The van der Waals surface area contributed by atoms with Crippen LogP contribution in [0.3, 0.4) is 0 Å². The Morgan fingerprint density at radius 1 is 1.29 bits per heavy atom. The van der Waals surface area contributed by atoms with E-state index in [0.717, 1.165) is 0 Å². The van der Waals surface area contributed by atoms with Crippen molar-refractivity contribution in [1.82, 2.24) is 5.32 Å². The summed E-state index contributed by atoms with van der Waals surface area (Å²) in [6.07, 6.45) is 6.58. The molecule has 2 aromatic carbocycles. The van der Waals surface area contributed by atoms with Gasteiger partial charge in [0, 0.05) is 17.9 Å². The highest BCUT2D eigenvalue weighted by Crippen LogP contribution is 2.42. The van der Waals surface area contributed by atoms with Crippen molar-refractivity contribution in [3.05, 3.63) is 58.4 Å². The van der Waals surface area contributed by atoms with E-state index in [9.17, 15) is 14.7 Å². The van der Waals surface area contributed by atoms with Crippen LogP contribution in [0.15, 0.2) is 36.4 Å². The molecule has 3 rings (SSSR count). The van der Waals surface area contributed by atoms with E-state index < -0.39 is 35.6 Å². The molecule has 0 radical (unpaired) electrons. The van der Waals surface area contributed by atoms with E-state index in [2.05, 4.69) is 37.3 Å². The fraction of sp³-hybridized carbons (Fsp3) is 0.385.